The molecule has 0 aromatic heterocycles. The van der Waals surface area contributed by atoms with Gasteiger partial charge >= 0.3 is 0 Å². The first-order valence-corrected chi connectivity index (χ1v) is 6.43. The fraction of sp³-hybridized carbons (Fsp3) is 0.818. The Morgan fingerprint density at radius 2 is 2.20 bits per heavy atom. The van der Waals surface area contributed by atoms with Crippen LogP contribution in [0.2, 0.25) is 0 Å². The van der Waals surface area contributed by atoms with E-state index in [1.165, 1.54) is 0 Å². The Morgan fingerprint density at radius 1 is 1.60 bits per heavy atom. The van der Waals surface area contributed by atoms with Crippen LogP contribution in [-0.4, -0.2) is 23.5 Å². The first-order valence-electron chi connectivity index (χ1n) is 5.20. The highest BCUT2D eigenvalue weighted by Crippen LogP contribution is 2.40. The molecule has 1 aliphatic carbocycles. The summed E-state index contributed by atoms with van der Waals surface area (Å²) in [7, 11) is 0. The summed E-state index contributed by atoms with van der Waals surface area (Å²) in [5.74, 6) is -0.0848. The van der Waals surface area contributed by atoms with Crippen LogP contribution in [-0.2, 0) is 4.79 Å². The molecule has 0 bridgehead atoms. The zero-order valence-corrected chi connectivity index (χ0v) is 10.4. The fourth-order valence-corrected chi connectivity index (χ4v) is 1.67. The zero-order valence-electron chi connectivity index (χ0n) is 9.59. The average molecular weight is 226 g/mol. The van der Waals surface area contributed by atoms with Crippen LogP contribution >= 0.6 is 11.8 Å². The second kappa shape index (κ2) is 4.44. The van der Waals surface area contributed by atoms with Gasteiger partial charge in [0.15, 0.2) is 0 Å². The first-order chi connectivity index (χ1) is 6.96. The van der Waals surface area contributed by atoms with Crippen molar-refractivity contribution in [2.24, 2.45) is 5.41 Å². The molecule has 3 nitrogen and oxygen atoms in total. The van der Waals surface area contributed by atoms with Crippen molar-refractivity contribution >= 4 is 17.7 Å². The van der Waals surface area contributed by atoms with E-state index >= 15 is 0 Å². The number of hydrogen-bond acceptors (Lipinski definition) is 3. The number of hydrogen-bond donors (Lipinski definition) is 1. The summed E-state index contributed by atoms with van der Waals surface area (Å²) in [4.78, 5) is 11.8. The lowest BCUT2D eigenvalue weighted by Crippen LogP contribution is -2.47. The summed E-state index contributed by atoms with van der Waals surface area (Å²) in [5.41, 5.74) is -0.714. The predicted molar refractivity (Wildman–Crippen MR) is 62.5 cm³/mol. The van der Waals surface area contributed by atoms with E-state index in [1.54, 1.807) is 11.8 Å². The smallest absolute Gasteiger partial charge is 0.240 e. The van der Waals surface area contributed by atoms with E-state index in [0.29, 0.717) is 6.54 Å². The standard InChI is InChI=1S/C11H18N2OS/c1-10(2,15-3)8-13-9(14)11(7-12)5-4-6-11/h4-6,8H2,1-3H3,(H,13,14). The van der Waals surface area contributed by atoms with Gasteiger partial charge in [-0.25, -0.2) is 0 Å². The maximum absolute atomic E-state index is 11.8. The molecule has 0 radical (unpaired) electrons. The van der Waals surface area contributed by atoms with Crippen molar-refractivity contribution in [3.05, 3.63) is 0 Å². The van der Waals surface area contributed by atoms with Crippen LogP contribution in [0, 0.1) is 16.7 Å². The monoisotopic (exact) mass is 226 g/mol. The molecule has 0 saturated heterocycles. The molecular weight excluding hydrogens is 208 g/mol. The van der Waals surface area contributed by atoms with Gasteiger partial charge in [0.25, 0.3) is 0 Å². The summed E-state index contributed by atoms with van der Waals surface area (Å²) in [5, 5.41) is 11.9. The van der Waals surface area contributed by atoms with Crippen molar-refractivity contribution < 1.29 is 4.79 Å². The van der Waals surface area contributed by atoms with E-state index in [2.05, 4.69) is 25.2 Å². The maximum Gasteiger partial charge on any atom is 0.240 e. The maximum atomic E-state index is 11.8. The number of nitriles is 1. The number of carbonyl (C=O) groups excluding carboxylic acids is 1. The topological polar surface area (TPSA) is 52.9 Å². The molecule has 1 saturated carbocycles. The molecule has 0 spiro atoms. The van der Waals surface area contributed by atoms with Gasteiger partial charge in [-0.3, -0.25) is 4.79 Å². The van der Waals surface area contributed by atoms with Gasteiger partial charge < -0.3 is 5.32 Å². The van der Waals surface area contributed by atoms with E-state index < -0.39 is 5.41 Å². The fourth-order valence-electron chi connectivity index (χ4n) is 1.45. The number of nitrogens with one attached hydrogen (secondary N) is 1. The summed E-state index contributed by atoms with van der Waals surface area (Å²) < 4.78 is 0.0378. The zero-order chi connectivity index (χ0) is 11.5. The van der Waals surface area contributed by atoms with Gasteiger partial charge in [0.1, 0.15) is 5.41 Å². The molecule has 0 atom stereocenters. The van der Waals surface area contributed by atoms with Gasteiger partial charge in [-0.15, -0.1) is 0 Å². The highest BCUT2D eigenvalue weighted by molar-refractivity contribution is 7.99. The molecule has 1 N–H and O–H groups in total. The molecule has 0 unspecified atom stereocenters. The summed E-state index contributed by atoms with van der Waals surface area (Å²) in [6.07, 6.45) is 4.45. The van der Waals surface area contributed by atoms with E-state index in [9.17, 15) is 4.79 Å². The minimum absolute atomic E-state index is 0.0378. The van der Waals surface area contributed by atoms with Crippen molar-refractivity contribution in [2.75, 3.05) is 12.8 Å². The molecule has 15 heavy (non-hydrogen) atoms. The van der Waals surface area contributed by atoms with E-state index in [-0.39, 0.29) is 10.7 Å². The number of amides is 1. The average Bonchev–Trinajstić information content (AvgIpc) is 2.14. The van der Waals surface area contributed by atoms with Gasteiger partial charge in [0.05, 0.1) is 6.07 Å². The van der Waals surface area contributed by atoms with Gasteiger partial charge in [0.2, 0.25) is 5.91 Å². The van der Waals surface area contributed by atoms with Crippen LogP contribution in [0.3, 0.4) is 0 Å². The molecule has 1 amide bonds. The minimum Gasteiger partial charge on any atom is -0.353 e. The lowest BCUT2D eigenvalue weighted by Gasteiger charge is -2.34. The van der Waals surface area contributed by atoms with Crippen LogP contribution in [0.4, 0.5) is 0 Å². The lowest BCUT2D eigenvalue weighted by atomic mass is 9.69. The molecule has 1 rings (SSSR count). The number of carbonyl (C=O) groups is 1. The Bertz CT molecular complexity index is 289. The third kappa shape index (κ3) is 2.66. The van der Waals surface area contributed by atoms with Crippen molar-refractivity contribution in [3.8, 4) is 6.07 Å². The van der Waals surface area contributed by atoms with Gasteiger partial charge in [-0.1, -0.05) is 0 Å². The molecule has 1 aliphatic rings. The predicted octanol–water partition coefficient (Wildman–Crippen LogP) is 1.94. The molecule has 1 fully saturated rings. The number of rotatable bonds is 4. The third-order valence-corrected chi connectivity index (χ3v) is 4.33. The van der Waals surface area contributed by atoms with Crippen molar-refractivity contribution in [1.29, 1.82) is 5.26 Å². The largest absolute Gasteiger partial charge is 0.353 e. The molecule has 4 heteroatoms. The van der Waals surface area contributed by atoms with Gasteiger partial charge in [-0.2, -0.15) is 17.0 Å². The number of nitrogens with zero attached hydrogens (tertiary/aromatic N) is 1. The van der Waals surface area contributed by atoms with Crippen molar-refractivity contribution in [2.45, 2.75) is 37.9 Å². The van der Waals surface area contributed by atoms with Crippen LogP contribution in [0.1, 0.15) is 33.1 Å². The Morgan fingerprint density at radius 3 is 2.53 bits per heavy atom. The molecular formula is C11H18N2OS. The van der Waals surface area contributed by atoms with E-state index in [4.69, 9.17) is 5.26 Å². The molecule has 0 aromatic rings. The van der Waals surface area contributed by atoms with Crippen LogP contribution in [0.5, 0.6) is 0 Å². The third-order valence-electron chi connectivity index (χ3n) is 3.08. The van der Waals surface area contributed by atoms with E-state index in [1.807, 2.05) is 6.26 Å². The molecule has 0 aromatic carbocycles. The quantitative estimate of drug-likeness (QED) is 0.797. The second-order valence-corrected chi connectivity index (χ2v) is 6.21. The highest BCUT2D eigenvalue weighted by atomic mass is 32.2. The molecule has 0 heterocycles. The van der Waals surface area contributed by atoms with Crippen LogP contribution < -0.4 is 5.32 Å². The normalized spacial score (nSPS) is 18.8. The highest BCUT2D eigenvalue weighted by Gasteiger charge is 2.44. The van der Waals surface area contributed by atoms with Gasteiger partial charge in [-0.05, 0) is 39.4 Å². The SMILES string of the molecule is CSC(C)(C)CNC(=O)C1(C#N)CCC1. The summed E-state index contributed by atoms with van der Waals surface area (Å²) >= 11 is 1.72. The van der Waals surface area contributed by atoms with E-state index in [0.717, 1.165) is 19.3 Å². The Labute approximate surface area is 95.6 Å². The second-order valence-electron chi connectivity index (χ2n) is 4.69. The molecule has 84 valence electrons. The van der Waals surface area contributed by atoms with Crippen molar-refractivity contribution in [1.82, 2.24) is 5.32 Å². The summed E-state index contributed by atoms with van der Waals surface area (Å²) in [6.45, 7) is 4.78. The Balaban J connectivity index is 2.47. The summed E-state index contributed by atoms with van der Waals surface area (Å²) in [6, 6.07) is 2.15. The van der Waals surface area contributed by atoms with Crippen molar-refractivity contribution in [3.63, 3.8) is 0 Å². The van der Waals surface area contributed by atoms with Crippen LogP contribution in [0.25, 0.3) is 0 Å². The lowest BCUT2D eigenvalue weighted by molar-refractivity contribution is -0.131. The first kappa shape index (κ1) is 12.4. The Kier molecular flexibility index (Phi) is 3.67. The molecule has 0 aliphatic heterocycles. The minimum atomic E-state index is -0.714. The van der Waals surface area contributed by atoms with Gasteiger partial charge in [0, 0.05) is 11.3 Å². The van der Waals surface area contributed by atoms with Crippen LogP contribution in [0.15, 0.2) is 0 Å². The Hall–Kier alpha value is -0.690. The number of thioether (sulfide) groups is 1.